The standard InChI is InChI=1S/C17H13FN2O2Se/c1-11-2-7-15(20(21)22)8-13(11)9-17-19-10-16(23-17)12-3-5-14(18)6-4-12/h2-8,10H,9H2,1H3. The molecule has 1 aromatic heterocycles. The van der Waals surface area contributed by atoms with Gasteiger partial charge in [0.05, 0.1) is 0 Å². The third-order valence-electron chi connectivity index (χ3n) is 3.57. The fourth-order valence-corrected chi connectivity index (χ4v) is 4.25. The molecular formula is C17H13FN2O2Se. The summed E-state index contributed by atoms with van der Waals surface area (Å²) < 4.78 is 15.1. The van der Waals surface area contributed by atoms with Crippen LogP contribution in [0, 0.1) is 22.9 Å². The topological polar surface area (TPSA) is 56.0 Å². The van der Waals surface area contributed by atoms with Crippen molar-refractivity contribution in [2.24, 2.45) is 0 Å². The first kappa shape index (κ1) is 15.6. The number of nitro benzene ring substituents is 1. The Hall–Kier alpha value is -2.30. The summed E-state index contributed by atoms with van der Waals surface area (Å²) in [7, 11) is 0. The van der Waals surface area contributed by atoms with E-state index >= 15 is 0 Å². The molecule has 0 saturated carbocycles. The number of non-ortho nitro benzene ring substituents is 1. The van der Waals surface area contributed by atoms with Crippen LogP contribution in [0.25, 0.3) is 10.0 Å². The van der Waals surface area contributed by atoms with Crippen molar-refractivity contribution < 1.29 is 9.31 Å². The number of nitrogens with zero attached hydrogens (tertiary/aromatic N) is 2. The Morgan fingerprint density at radius 1 is 1.22 bits per heavy atom. The van der Waals surface area contributed by atoms with Crippen LogP contribution in [0.15, 0.2) is 48.7 Å². The monoisotopic (exact) mass is 376 g/mol. The molecule has 0 fully saturated rings. The van der Waals surface area contributed by atoms with E-state index < -0.39 is 0 Å². The molecule has 23 heavy (non-hydrogen) atoms. The second-order valence-corrected chi connectivity index (χ2v) is 7.51. The van der Waals surface area contributed by atoms with E-state index in [4.69, 9.17) is 0 Å². The molecule has 3 rings (SSSR count). The molecule has 0 amide bonds. The quantitative estimate of drug-likeness (QED) is 0.397. The average molecular weight is 375 g/mol. The van der Waals surface area contributed by atoms with Gasteiger partial charge in [-0.3, -0.25) is 0 Å². The van der Waals surface area contributed by atoms with E-state index in [9.17, 15) is 14.5 Å². The van der Waals surface area contributed by atoms with Gasteiger partial charge in [0.15, 0.2) is 0 Å². The molecular weight excluding hydrogens is 362 g/mol. The van der Waals surface area contributed by atoms with Gasteiger partial charge in [-0.15, -0.1) is 0 Å². The Kier molecular flexibility index (Phi) is 4.37. The molecule has 0 atom stereocenters. The number of hydrogen-bond acceptors (Lipinski definition) is 3. The molecule has 0 radical (unpaired) electrons. The Morgan fingerprint density at radius 3 is 2.65 bits per heavy atom. The van der Waals surface area contributed by atoms with E-state index in [-0.39, 0.29) is 30.9 Å². The summed E-state index contributed by atoms with van der Waals surface area (Å²) in [4.78, 5) is 15.0. The van der Waals surface area contributed by atoms with Crippen molar-refractivity contribution in [3.05, 3.63) is 80.3 Å². The molecule has 0 unspecified atom stereocenters. The van der Waals surface area contributed by atoms with E-state index in [1.54, 1.807) is 24.3 Å². The zero-order valence-corrected chi connectivity index (χ0v) is 14.0. The first-order valence-electron chi connectivity index (χ1n) is 6.97. The zero-order valence-electron chi connectivity index (χ0n) is 12.3. The molecule has 0 aliphatic rings. The van der Waals surface area contributed by atoms with Crippen LogP contribution >= 0.6 is 0 Å². The molecule has 0 aliphatic heterocycles. The van der Waals surface area contributed by atoms with Crippen molar-refractivity contribution in [2.75, 3.05) is 0 Å². The summed E-state index contributed by atoms with van der Waals surface area (Å²) in [6.45, 7) is 1.94. The van der Waals surface area contributed by atoms with Crippen LogP contribution in [0.2, 0.25) is 0 Å². The van der Waals surface area contributed by atoms with Crippen LogP contribution in [0.5, 0.6) is 0 Å². The van der Waals surface area contributed by atoms with Crippen molar-refractivity contribution in [1.82, 2.24) is 4.98 Å². The molecule has 1 heterocycles. The van der Waals surface area contributed by atoms with E-state index in [1.807, 2.05) is 13.1 Å². The minimum atomic E-state index is -0.382. The predicted molar refractivity (Wildman–Crippen MR) is 87.2 cm³/mol. The van der Waals surface area contributed by atoms with E-state index in [1.165, 1.54) is 18.2 Å². The van der Waals surface area contributed by atoms with Gasteiger partial charge in [0.1, 0.15) is 0 Å². The number of aryl methyl sites for hydroxylation is 1. The van der Waals surface area contributed by atoms with Crippen molar-refractivity contribution in [3.63, 3.8) is 0 Å². The zero-order chi connectivity index (χ0) is 16.4. The first-order chi connectivity index (χ1) is 11.0. The Balaban J connectivity index is 1.86. The fraction of sp³-hybridized carbons (Fsp3) is 0.118. The van der Waals surface area contributed by atoms with Crippen molar-refractivity contribution in [1.29, 1.82) is 0 Å². The molecule has 2 aromatic carbocycles. The molecule has 0 aliphatic carbocycles. The van der Waals surface area contributed by atoms with Gasteiger partial charge in [0, 0.05) is 0 Å². The summed E-state index contributed by atoms with van der Waals surface area (Å²) in [5, 5.41) is 10.9. The van der Waals surface area contributed by atoms with Gasteiger partial charge in [0.25, 0.3) is 0 Å². The Bertz CT molecular complexity index is 859. The number of hydrogen-bond donors (Lipinski definition) is 0. The fourth-order valence-electron chi connectivity index (χ4n) is 2.26. The van der Waals surface area contributed by atoms with Crippen molar-refractivity contribution >= 4 is 20.2 Å². The normalized spacial score (nSPS) is 10.7. The van der Waals surface area contributed by atoms with Crippen LogP contribution < -0.4 is 0 Å². The van der Waals surface area contributed by atoms with Gasteiger partial charge in [-0.25, -0.2) is 0 Å². The van der Waals surface area contributed by atoms with Gasteiger partial charge in [0.2, 0.25) is 0 Å². The van der Waals surface area contributed by atoms with Crippen LogP contribution in [0.3, 0.4) is 0 Å². The molecule has 0 bridgehead atoms. The first-order valence-corrected chi connectivity index (χ1v) is 8.69. The van der Waals surface area contributed by atoms with Crippen LogP contribution in [-0.4, -0.2) is 24.4 Å². The van der Waals surface area contributed by atoms with Crippen molar-refractivity contribution in [2.45, 2.75) is 13.3 Å². The summed E-state index contributed by atoms with van der Waals surface area (Å²) in [5.41, 5.74) is 3.02. The summed E-state index contributed by atoms with van der Waals surface area (Å²) in [6.07, 6.45) is 2.42. The van der Waals surface area contributed by atoms with Gasteiger partial charge in [-0.1, -0.05) is 0 Å². The number of halogens is 1. The van der Waals surface area contributed by atoms with Gasteiger partial charge in [-0.2, -0.15) is 0 Å². The number of nitro groups is 1. The Morgan fingerprint density at radius 2 is 1.96 bits per heavy atom. The Labute approximate surface area is 138 Å². The summed E-state index contributed by atoms with van der Waals surface area (Å²) in [5.74, 6) is -0.256. The molecule has 0 spiro atoms. The van der Waals surface area contributed by atoms with Crippen LogP contribution in [0.1, 0.15) is 15.7 Å². The maximum absolute atomic E-state index is 13.0. The SMILES string of the molecule is Cc1ccc([N+](=O)[O-])cc1Cc1ncc(-c2ccc(F)cc2)[se]1. The number of aromatic nitrogens is 1. The van der Waals surface area contributed by atoms with E-state index in [2.05, 4.69) is 4.98 Å². The van der Waals surface area contributed by atoms with E-state index in [0.717, 1.165) is 25.7 Å². The second-order valence-electron chi connectivity index (χ2n) is 5.17. The molecule has 116 valence electrons. The maximum atomic E-state index is 13.0. The molecule has 0 N–H and O–H groups in total. The average Bonchev–Trinajstić information content (AvgIpc) is 2.98. The van der Waals surface area contributed by atoms with Gasteiger partial charge < -0.3 is 0 Å². The predicted octanol–water partition coefficient (Wildman–Crippen LogP) is 3.75. The van der Waals surface area contributed by atoms with Gasteiger partial charge in [-0.05, 0) is 0 Å². The third-order valence-corrected chi connectivity index (χ3v) is 5.76. The van der Waals surface area contributed by atoms with Crippen LogP contribution in [0.4, 0.5) is 10.1 Å². The molecule has 0 saturated heterocycles. The third kappa shape index (κ3) is 3.55. The minimum absolute atomic E-state index is 0.0505. The summed E-state index contributed by atoms with van der Waals surface area (Å²) in [6, 6.07) is 11.3. The van der Waals surface area contributed by atoms with Crippen molar-refractivity contribution in [3.8, 4) is 10.0 Å². The molecule has 6 heteroatoms. The number of rotatable bonds is 4. The second kappa shape index (κ2) is 6.44. The number of benzene rings is 2. The van der Waals surface area contributed by atoms with E-state index in [0.29, 0.717) is 6.42 Å². The molecule has 3 aromatic rings. The summed E-state index contributed by atoms with van der Waals surface area (Å²) >= 11 is 0.0505. The molecule has 4 nitrogen and oxygen atoms in total. The van der Waals surface area contributed by atoms with Crippen LogP contribution in [-0.2, 0) is 6.42 Å². The van der Waals surface area contributed by atoms with Gasteiger partial charge >= 0.3 is 138 Å².